The molecule has 0 aliphatic carbocycles. The molecule has 1 saturated heterocycles. The molecule has 0 radical (unpaired) electrons. The summed E-state index contributed by atoms with van der Waals surface area (Å²) in [6.45, 7) is 8.55. The van der Waals surface area contributed by atoms with Crippen LogP contribution in [0.1, 0.15) is 33.6 Å². The summed E-state index contributed by atoms with van der Waals surface area (Å²) in [5, 5.41) is 0. The predicted molar refractivity (Wildman–Crippen MR) is 71.3 cm³/mol. The van der Waals surface area contributed by atoms with Crippen molar-refractivity contribution < 1.29 is 9.53 Å². The van der Waals surface area contributed by atoms with Crippen LogP contribution < -0.4 is 5.73 Å². The number of hydrogen-bond donors (Lipinski definition) is 1. The summed E-state index contributed by atoms with van der Waals surface area (Å²) < 4.78 is 5.45. The molecular formula is C12H25ClN2O2. The number of hydrogen-bond acceptors (Lipinski definition) is 3. The van der Waals surface area contributed by atoms with Gasteiger partial charge in [0, 0.05) is 19.6 Å². The summed E-state index contributed by atoms with van der Waals surface area (Å²) >= 11 is 0. The summed E-state index contributed by atoms with van der Waals surface area (Å²) in [6, 6.07) is 0. The quantitative estimate of drug-likeness (QED) is 0.836. The van der Waals surface area contributed by atoms with Gasteiger partial charge < -0.3 is 15.4 Å². The third kappa shape index (κ3) is 3.57. The van der Waals surface area contributed by atoms with Crippen LogP contribution in [0.15, 0.2) is 0 Å². The monoisotopic (exact) mass is 264 g/mol. The van der Waals surface area contributed by atoms with Crippen LogP contribution in [0.25, 0.3) is 0 Å². The van der Waals surface area contributed by atoms with E-state index in [0.717, 1.165) is 12.8 Å². The Balaban J connectivity index is 0.00000256. The maximum Gasteiger partial charge on any atom is 0.230 e. The molecule has 1 amide bonds. The molecule has 0 spiro atoms. The molecule has 0 bridgehead atoms. The standard InChI is InChI=1S/C12H24N2O2.ClH/c1-4-12(5-2,9-13)11(15)14-6-7-16-10(3)8-14;/h10H,4-9,13H2,1-3H3;1H. The van der Waals surface area contributed by atoms with Gasteiger partial charge in [0.05, 0.1) is 18.1 Å². The Morgan fingerprint density at radius 3 is 2.47 bits per heavy atom. The number of nitrogens with zero attached hydrogens (tertiary/aromatic N) is 1. The first kappa shape index (κ1) is 16.7. The van der Waals surface area contributed by atoms with E-state index in [0.29, 0.717) is 26.2 Å². The van der Waals surface area contributed by atoms with Crippen LogP contribution in [0.4, 0.5) is 0 Å². The minimum absolute atomic E-state index is 0. The van der Waals surface area contributed by atoms with Crippen molar-refractivity contribution >= 4 is 18.3 Å². The normalized spacial score (nSPS) is 20.9. The van der Waals surface area contributed by atoms with Gasteiger partial charge in [0.1, 0.15) is 0 Å². The van der Waals surface area contributed by atoms with E-state index in [1.54, 1.807) is 0 Å². The first-order valence-electron chi connectivity index (χ1n) is 6.20. The zero-order valence-corrected chi connectivity index (χ0v) is 11.9. The van der Waals surface area contributed by atoms with Crippen molar-refractivity contribution in [2.75, 3.05) is 26.2 Å². The second-order valence-corrected chi connectivity index (χ2v) is 4.62. The van der Waals surface area contributed by atoms with Crippen molar-refractivity contribution in [2.45, 2.75) is 39.7 Å². The van der Waals surface area contributed by atoms with Gasteiger partial charge in [-0.2, -0.15) is 0 Å². The van der Waals surface area contributed by atoms with Crippen molar-refractivity contribution in [2.24, 2.45) is 11.1 Å². The molecule has 1 atom stereocenters. The molecule has 0 saturated carbocycles. The van der Waals surface area contributed by atoms with Crippen molar-refractivity contribution in [3.63, 3.8) is 0 Å². The van der Waals surface area contributed by atoms with Crippen molar-refractivity contribution in [1.82, 2.24) is 4.90 Å². The average Bonchev–Trinajstić information content (AvgIpc) is 2.32. The smallest absolute Gasteiger partial charge is 0.230 e. The van der Waals surface area contributed by atoms with Crippen LogP contribution >= 0.6 is 12.4 Å². The van der Waals surface area contributed by atoms with Crippen LogP contribution in [-0.2, 0) is 9.53 Å². The third-order valence-electron chi connectivity index (χ3n) is 3.73. The number of nitrogens with two attached hydrogens (primary N) is 1. The number of morpholine rings is 1. The molecule has 17 heavy (non-hydrogen) atoms. The van der Waals surface area contributed by atoms with Gasteiger partial charge >= 0.3 is 0 Å². The SMILES string of the molecule is CCC(CC)(CN)C(=O)N1CCOC(C)C1.Cl. The minimum atomic E-state index is -0.364. The zero-order chi connectivity index (χ0) is 12.2. The van der Waals surface area contributed by atoms with Gasteiger partial charge in [-0.05, 0) is 19.8 Å². The summed E-state index contributed by atoms with van der Waals surface area (Å²) in [5.41, 5.74) is 5.43. The van der Waals surface area contributed by atoms with Gasteiger partial charge in [-0.15, -0.1) is 12.4 Å². The molecule has 2 N–H and O–H groups in total. The second-order valence-electron chi connectivity index (χ2n) is 4.62. The summed E-state index contributed by atoms with van der Waals surface area (Å²) in [7, 11) is 0. The van der Waals surface area contributed by atoms with Gasteiger partial charge in [-0.1, -0.05) is 13.8 Å². The molecule has 4 nitrogen and oxygen atoms in total. The summed E-state index contributed by atoms with van der Waals surface area (Å²) in [6.07, 6.45) is 1.76. The maximum atomic E-state index is 12.4. The minimum Gasteiger partial charge on any atom is -0.375 e. The lowest BCUT2D eigenvalue weighted by molar-refractivity contribution is -0.149. The Kier molecular flexibility index (Phi) is 7.05. The van der Waals surface area contributed by atoms with E-state index >= 15 is 0 Å². The van der Waals surface area contributed by atoms with E-state index in [1.165, 1.54) is 0 Å². The summed E-state index contributed by atoms with van der Waals surface area (Å²) in [5.74, 6) is 0.204. The molecule has 1 rings (SSSR count). The lowest BCUT2D eigenvalue weighted by Crippen LogP contribution is -2.52. The van der Waals surface area contributed by atoms with Crippen LogP contribution in [-0.4, -0.2) is 43.2 Å². The molecule has 1 fully saturated rings. The molecule has 0 aromatic heterocycles. The predicted octanol–water partition coefficient (Wildman–Crippen LogP) is 1.42. The van der Waals surface area contributed by atoms with Crippen molar-refractivity contribution in [3.8, 4) is 0 Å². The number of carbonyl (C=O) groups excluding carboxylic acids is 1. The van der Waals surface area contributed by atoms with E-state index in [-0.39, 0.29) is 29.8 Å². The van der Waals surface area contributed by atoms with E-state index in [1.807, 2.05) is 25.7 Å². The number of carbonyl (C=O) groups is 1. The Hall–Kier alpha value is -0.320. The molecule has 0 aromatic carbocycles. The van der Waals surface area contributed by atoms with E-state index in [2.05, 4.69) is 0 Å². The van der Waals surface area contributed by atoms with Crippen molar-refractivity contribution in [1.29, 1.82) is 0 Å². The third-order valence-corrected chi connectivity index (χ3v) is 3.73. The summed E-state index contributed by atoms with van der Waals surface area (Å²) in [4.78, 5) is 14.4. The Labute approximate surface area is 110 Å². The molecule has 1 aliphatic rings. The first-order valence-corrected chi connectivity index (χ1v) is 6.20. The highest BCUT2D eigenvalue weighted by molar-refractivity contribution is 5.85. The van der Waals surface area contributed by atoms with Gasteiger partial charge in [-0.25, -0.2) is 0 Å². The number of ether oxygens (including phenoxy) is 1. The van der Waals surface area contributed by atoms with Crippen LogP contribution in [0.2, 0.25) is 0 Å². The lowest BCUT2D eigenvalue weighted by Gasteiger charge is -2.38. The second kappa shape index (κ2) is 7.19. The average molecular weight is 265 g/mol. The molecule has 102 valence electrons. The largest absolute Gasteiger partial charge is 0.375 e. The van der Waals surface area contributed by atoms with Gasteiger partial charge in [0.2, 0.25) is 5.91 Å². The Morgan fingerprint density at radius 2 is 2.06 bits per heavy atom. The van der Waals surface area contributed by atoms with Crippen LogP contribution in [0.3, 0.4) is 0 Å². The molecule has 0 aromatic rings. The number of rotatable bonds is 4. The molecular weight excluding hydrogens is 240 g/mol. The topological polar surface area (TPSA) is 55.6 Å². The van der Waals surface area contributed by atoms with Crippen LogP contribution in [0, 0.1) is 5.41 Å². The van der Waals surface area contributed by atoms with E-state index in [4.69, 9.17) is 10.5 Å². The van der Waals surface area contributed by atoms with Gasteiger partial charge in [-0.3, -0.25) is 4.79 Å². The fourth-order valence-electron chi connectivity index (χ4n) is 2.27. The van der Waals surface area contributed by atoms with E-state index < -0.39 is 0 Å². The fraction of sp³-hybridized carbons (Fsp3) is 0.917. The Morgan fingerprint density at radius 1 is 1.47 bits per heavy atom. The number of amides is 1. The van der Waals surface area contributed by atoms with Crippen molar-refractivity contribution in [3.05, 3.63) is 0 Å². The highest BCUT2D eigenvalue weighted by atomic mass is 35.5. The fourth-order valence-corrected chi connectivity index (χ4v) is 2.27. The highest BCUT2D eigenvalue weighted by Crippen LogP contribution is 2.28. The van der Waals surface area contributed by atoms with Gasteiger partial charge in [0.15, 0.2) is 0 Å². The number of halogens is 1. The lowest BCUT2D eigenvalue weighted by atomic mass is 9.81. The first-order chi connectivity index (χ1) is 7.59. The van der Waals surface area contributed by atoms with Crippen LogP contribution in [0.5, 0.6) is 0 Å². The molecule has 1 unspecified atom stereocenters. The molecule has 5 heteroatoms. The molecule has 1 aliphatic heterocycles. The highest BCUT2D eigenvalue weighted by Gasteiger charge is 2.38. The Bertz CT molecular complexity index is 236. The maximum absolute atomic E-state index is 12.4. The molecule has 1 heterocycles. The van der Waals surface area contributed by atoms with E-state index in [9.17, 15) is 4.79 Å². The van der Waals surface area contributed by atoms with Gasteiger partial charge in [0.25, 0.3) is 0 Å². The zero-order valence-electron chi connectivity index (χ0n) is 11.1.